The van der Waals surface area contributed by atoms with Crippen molar-refractivity contribution in [2.75, 3.05) is 6.54 Å². The number of carboxylic acids is 1. The zero-order valence-electron chi connectivity index (χ0n) is 12.2. The Morgan fingerprint density at radius 3 is 1.80 bits per heavy atom. The van der Waals surface area contributed by atoms with Gasteiger partial charge in [0.05, 0.1) is 11.1 Å². The van der Waals surface area contributed by atoms with Gasteiger partial charge in [-0.15, -0.1) is 0 Å². The molecule has 1 atom stereocenters. The summed E-state index contributed by atoms with van der Waals surface area (Å²) in [5, 5.41) is 15.4. The summed E-state index contributed by atoms with van der Waals surface area (Å²) in [5.74, 6) is 2.27. The second-order valence-corrected chi connectivity index (χ2v) is 5.32. The number of nitrogens with two attached hydrogens (primary N) is 1. The first-order valence-corrected chi connectivity index (χ1v) is 6.91. The molecule has 0 radical (unpaired) electrons. The minimum atomic E-state index is -4.98. The molecule has 1 aliphatic heterocycles. The fourth-order valence-electron chi connectivity index (χ4n) is 2.13. The Bertz CT molecular complexity index is 630. The number of likely N-dealkylation sites (tertiary alicyclic amines) is 1. The smallest absolute Gasteiger partial charge is 0.416 e. The Hall–Kier alpha value is -1.92. The molecule has 1 fully saturated rings. The Labute approximate surface area is 142 Å². The number of rotatable bonds is 2. The summed E-state index contributed by atoms with van der Waals surface area (Å²) in [6, 6.07) is -0.0491. The third kappa shape index (κ3) is 4.80. The van der Waals surface area contributed by atoms with E-state index in [1.165, 1.54) is 0 Å². The SMILES string of the molecule is NO.O=C(O)[C@H]1CCN1C(=S)c1cc(C(F)(F)F)cc(C(F)(F)F)c1. The Morgan fingerprint density at radius 1 is 1.08 bits per heavy atom. The van der Waals surface area contributed by atoms with Crippen LogP contribution in [-0.4, -0.2) is 38.8 Å². The summed E-state index contributed by atoms with van der Waals surface area (Å²) in [6.07, 6.45) is -9.74. The predicted molar refractivity (Wildman–Crippen MR) is 76.9 cm³/mol. The number of nitrogens with zero attached hydrogens (tertiary/aromatic N) is 1. The molecule has 25 heavy (non-hydrogen) atoms. The number of hydrogen-bond acceptors (Lipinski definition) is 4. The van der Waals surface area contributed by atoms with E-state index in [-0.39, 0.29) is 24.0 Å². The lowest BCUT2D eigenvalue weighted by atomic mass is 9.99. The van der Waals surface area contributed by atoms with Gasteiger partial charge in [-0.3, -0.25) is 0 Å². The highest BCUT2D eigenvalue weighted by atomic mass is 32.1. The van der Waals surface area contributed by atoms with Crippen LogP contribution in [0.1, 0.15) is 23.1 Å². The minimum absolute atomic E-state index is 0.00308. The molecule has 0 saturated carbocycles. The van der Waals surface area contributed by atoms with Crippen molar-refractivity contribution < 1.29 is 41.5 Å². The van der Waals surface area contributed by atoms with E-state index in [4.69, 9.17) is 22.5 Å². The number of carbonyl (C=O) groups is 1. The molecule has 1 aromatic carbocycles. The maximum atomic E-state index is 12.8. The van der Waals surface area contributed by atoms with Crippen molar-refractivity contribution in [3.05, 3.63) is 34.9 Å². The van der Waals surface area contributed by atoms with Crippen LogP contribution in [-0.2, 0) is 17.1 Å². The summed E-state index contributed by atoms with van der Waals surface area (Å²) in [6.45, 7) is 0.160. The molecule has 140 valence electrons. The average Bonchev–Trinajstić information content (AvgIpc) is 2.45. The van der Waals surface area contributed by atoms with Gasteiger partial charge in [0.2, 0.25) is 0 Å². The molecule has 0 amide bonds. The normalized spacial score (nSPS) is 17.3. The van der Waals surface area contributed by atoms with Gasteiger partial charge in [-0.1, -0.05) is 12.2 Å². The molecule has 12 heteroatoms. The second-order valence-electron chi connectivity index (χ2n) is 4.94. The van der Waals surface area contributed by atoms with Crippen LogP contribution >= 0.6 is 12.2 Å². The van der Waals surface area contributed by atoms with Crippen molar-refractivity contribution in [1.29, 1.82) is 0 Å². The predicted octanol–water partition coefficient (Wildman–Crippen LogP) is 2.89. The third-order valence-corrected chi connectivity index (χ3v) is 3.87. The monoisotopic (exact) mass is 390 g/mol. The van der Waals surface area contributed by atoms with Gasteiger partial charge in [-0.2, -0.15) is 26.3 Å². The number of hydrogen-bond donors (Lipinski definition) is 3. The van der Waals surface area contributed by atoms with E-state index < -0.39 is 41.1 Å². The summed E-state index contributed by atoms with van der Waals surface area (Å²) in [5.41, 5.74) is -3.46. The van der Waals surface area contributed by atoms with Gasteiger partial charge in [0, 0.05) is 12.1 Å². The van der Waals surface area contributed by atoms with Crippen LogP contribution < -0.4 is 5.90 Å². The molecule has 1 saturated heterocycles. The van der Waals surface area contributed by atoms with Crippen LogP contribution in [0.25, 0.3) is 0 Å². The first-order chi connectivity index (χ1) is 11.4. The quantitative estimate of drug-likeness (QED) is 0.409. The largest absolute Gasteiger partial charge is 0.480 e. The minimum Gasteiger partial charge on any atom is -0.480 e. The van der Waals surface area contributed by atoms with E-state index in [0.29, 0.717) is 12.1 Å². The molecule has 0 bridgehead atoms. The van der Waals surface area contributed by atoms with E-state index in [2.05, 4.69) is 5.90 Å². The van der Waals surface area contributed by atoms with E-state index >= 15 is 0 Å². The molecule has 4 N–H and O–H groups in total. The molecule has 2 rings (SSSR count). The van der Waals surface area contributed by atoms with E-state index in [1.54, 1.807) is 0 Å². The molecule has 1 heterocycles. The number of halogens is 6. The fraction of sp³-hybridized carbons (Fsp3) is 0.385. The second kappa shape index (κ2) is 7.54. The van der Waals surface area contributed by atoms with Gasteiger partial charge >= 0.3 is 18.3 Å². The van der Waals surface area contributed by atoms with Crippen LogP contribution in [0.4, 0.5) is 26.3 Å². The Kier molecular flexibility index (Phi) is 6.37. The summed E-state index contributed by atoms with van der Waals surface area (Å²) in [7, 11) is 0. The van der Waals surface area contributed by atoms with Crippen LogP contribution in [0.3, 0.4) is 0 Å². The van der Waals surface area contributed by atoms with Crippen molar-refractivity contribution in [2.45, 2.75) is 24.8 Å². The highest BCUT2D eigenvalue weighted by Crippen LogP contribution is 2.37. The first-order valence-electron chi connectivity index (χ1n) is 6.50. The molecule has 1 aromatic rings. The number of alkyl halides is 6. The Morgan fingerprint density at radius 2 is 1.52 bits per heavy atom. The molecular formula is C13H12F6N2O3S. The molecule has 0 spiro atoms. The van der Waals surface area contributed by atoms with E-state index in [1.807, 2.05) is 0 Å². The standard InChI is InChI=1S/C13H9F6NO2S.H3NO/c14-12(15,16)7-3-6(4-8(5-7)13(17,18)19)10(23)20-2-1-9(20)11(21)22;1-2/h3-5,9H,1-2H2,(H,21,22);2H,1H2/t9-;/m1./s1. The zero-order chi connectivity index (χ0) is 19.6. The number of aliphatic carboxylic acids is 1. The van der Waals surface area contributed by atoms with Crippen LogP contribution in [0.5, 0.6) is 0 Å². The van der Waals surface area contributed by atoms with Crippen LogP contribution in [0, 0.1) is 0 Å². The maximum Gasteiger partial charge on any atom is 0.416 e. The summed E-state index contributed by atoms with van der Waals surface area (Å²) < 4.78 is 76.7. The van der Waals surface area contributed by atoms with Gasteiger partial charge in [-0.25, -0.2) is 10.7 Å². The van der Waals surface area contributed by atoms with Crippen molar-refractivity contribution in [2.24, 2.45) is 5.90 Å². The lowest BCUT2D eigenvalue weighted by Gasteiger charge is -2.40. The van der Waals surface area contributed by atoms with Crippen molar-refractivity contribution in [1.82, 2.24) is 4.90 Å². The third-order valence-electron chi connectivity index (χ3n) is 3.40. The first kappa shape index (κ1) is 21.1. The zero-order valence-corrected chi connectivity index (χ0v) is 13.0. The van der Waals surface area contributed by atoms with Crippen LogP contribution in [0.15, 0.2) is 18.2 Å². The molecule has 0 unspecified atom stereocenters. The van der Waals surface area contributed by atoms with Gasteiger partial charge in [-0.05, 0) is 24.6 Å². The van der Waals surface area contributed by atoms with Gasteiger partial charge < -0.3 is 15.2 Å². The maximum absolute atomic E-state index is 12.8. The number of benzene rings is 1. The average molecular weight is 390 g/mol. The highest BCUT2D eigenvalue weighted by Gasteiger charge is 2.40. The fourth-order valence-corrected chi connectivity index (χ4v) is 2.47. The highest BCUT2D eigenvalue weighted by molar-refractivity contribution is 7.80. The molecular weight excluding hydrogens is 378 g/mol. The summed E-state index contributed by atoms with van der Waals surface area (Å²) >= 11 is 4.88. The van der Waals surface area contributed by atoms with Gasteiger partial charge in [0.15, 0.2) is 0 Å². The van der Waals surface area contributed by atoms with Crippen molar-refractivity contribution in [3.63, 3.8) is 0 Å². The number of carboxylic acid groups (broad SMARTS) is 1. The van der Waals surface area contributed by atoms with Crippen molar-refractivity contribution >= 4 is 23.2 Å². The Balaban J connectivity index is 0.00000151. The van der Waals surface area contributed by atoms with E-state index in [0.717, 1.165) is 4.90 Å². The lowest BCUT2D eigenvalue weighted by Crippen LogP contribution is -2.54. The van der Waals surface area contributed by atoms with Crippen molar-refractivity contribution in [3.8, 4) is 0 Å². The molecule has 0 aromatic heterocycles. The number of thiocarbonyl (C=S) groups is 1. The van der Waals surface area contributed by atoms with Gasteiger partial charge in [0.25, 0.3) is 0 Å². The topological polar surface area (TPSA) is 86.8 Å². The molecule has 0 aliphatic carbocycles. The lowest BCUT2D eigenvalue weighted by molar-refractivity contribution is -0.145. The van der Waals surface area contributed by atoms with Gasteiger partial charge in [0.1, 0.15) is 11.0 Å². The van der Waals surface area contributed by atoms with Crippen LogP contribution in [0.2, 0.25) is 0 Å². The summed E-state index contributed by atoms with van der Waals surface area (Å²) in [4.78, 5) is 11.7. The van der Waals surface area contributed by atoms with E-state index in [9.17, 15) is 31.1 Å². The molecule has 5 nitrogen and oxygen atoms in total. The molecule has 1 aliphatic rings.